The van der Waals surface area contributed by atoms with E-state index >= 15 is 0 Å². The summed E-state index contributed by atoms with van der Waals surface area (Å²) >= 11 is 0. The van der Waals surface area contributed by atoms with Crippen LogP contribution >= 0.6 is 0 Å². The highest BCUT2D eigenvalue weighted by molar-refractivity contribution is 6.08. The molecule has 0 radical (unpaired) electrons. The molecule has 2 aliphatic rings. The minimum Gasteiger partial charge on any atom is -0.467 e. The van der Waals surface area contributed by atoms with E-state index in [1.165, 1.54) is 60.6 Å². The minimum absolute atomic E-state index is 0.141. The van der Waals surface area contributed by atoms with Crippen LogP contribution in [0.5, 0.6) is 0 Å². The van der Waals surface area contributed by atoms with E-state index in [2.05, 4.69) is 81.5 Å². The number of nitrogens with zero attached hydrogens (tertiary/aromatic N) is 2. The lowest BCUT2D eigenvalue weighted by molar-refractivity contribution is -0.155. The molecule has 2 heterocycles. The Balaban J connectivity index is 1.88. The molecule has 1 spiro atoms. The largest absolute Gasteiger partial charge is 0.467 e. The second-order valence-corrected chi connectivity index (χ2v) is 11.4. The van der Waals surface area contributed by atoms with Crippen LogP contribution in [0.25, 0.3) is 22.0 Å². The Kier molecular flexibility index (Phi) is 6.40. The molecule has 0 bridgehead atoms. The van der Waals surface area contributed by atoms with Crippen molar-refractivity contribution in [3.05, 3.63) is 52.7 Å². The number of likely N-dealkylation sites (N-methyl/N-ethyl adjacent to an activating group) is 1. The molecule has 0 saturated heterocycles. The number of esters is 1. The second-order valence-electron chi connectivity index (χ2n) is 11.4. The Morgan fingerprint density at radius 1 is 1.08 bits per heavy atom. The predicted octanol–water partition coefficient (Wildman–Crippen LogP) is 6.84. The zero-order valence-corrected chi connectivity index (χ0v) is 22.9. The van der Waals surface area contributed by atoms with Crippen LogP contribution < -0.4 is 4.90 Å². The molecule has 0 unspecified atom stereocenters. The van der Waals surface area contributed by atoms with Crippen LogP contribution in [0.2, 0.25) is 0 Å². The molecule has 1 saturated carbocycles. The molecule has 1 fully saturated rings. The molecule has 1 atom stereocenters. The molecule has 1 aromatic heterocycles. The van der Waals surface area contributed by atoms with E-state index in [0.717, 1.165) is 28.8 Å². The fourth-order valence-electron chi connectivity index (χ4n) is 6.81. The van der Waals surface area contributed by atoms with Crippen LogP contribution in [0.15, 0.2) is 30.3 Å². The zero-order chi connectivity index (χ0) is 25.8. The van der Waals surface area contributed by atoms with E-state index in [4.69, 9.17) is 9.47 Å². The first-order valence-electron chi connectivity index (χ1n) is 13.3. The van der Waals surface area contributed by atoms with Gasteiger partial charge in [-0.25, -0.2) is 4.79 Å². The van der Waals surface area contributed by atoms with Gasteiger partial charge in [-0.05, 0) is 62.3 Å². The number of carbonyl (C=O) groups excluding carboxylic acids is 1. The standard InChI is InChI=1S/C31H40N2O3/c1-19(2)17-36-29(30(34)35-7)25-22(5)27-28-24(26(25)23-12-10-20(3)11-13-23)16-21(4)33(28)31(18-32(27)6)14-8-9-15-31/h10-13,16,19,29H,8-9,14-15,17-18H2,1-7H3/t29-/m0/s1. The number of hydrogen-bond acceptors (Lipinski definition) is 4. The highest BCUT2D eigenvalue weighted by Gasteiger charge is 2.44. The third kappa shape index (κ3) is 3.83. The van der Waals surface area contributed by atoms with Crippen molar-refractivity contribution in [2.45, 2.75) is 71.9 Å². The van der Waals surface area contributed by atoms with E-state index in [-0.39, 0.29) is 11.5 Å². The summed E-state index contributed by atoms with van der Waals surface area (Å²) in [6.45, 7) is 12.2. The monoisotopic (exact) mass is 488 g/mol. The topological polar surface area (TPSA) is 43.7 Å². The lowest BCUT2D eigenvalue weighted by atomic mass is 9.85. The fraction of sp³-hybridized carbons (Fsp3) is 0.516. The number of methoxy groups -OCH3 is 1. The number of fused-ring (bicyclic) bond motifs is 1. The first-order valence-corrected chi connectivity index (χ1v) is 13.3. The van der Waals surface area contributed by atoms with Gasteiger partial charge in [-0.2, -0.15) is 0 Å². The van der Waals surface area contributed by atoms with Crippen molar-refractivity contribution in [1.82, 2.24) is 4.57 Å². The van der Waals surface area contributed by atoms with E-state index in [9.17, 15) is 4.79 Å². The van der Waals surface area contributed by atoms with Gasteiger partial charge in [-0.15, -0.1) is 0 Å². The van der Waals surface area contributed by atoms with Crippen molar-refractivity contribution in [3.8, 4) is 11.1 Å². The van der Waals surface area contributed by atoms with Crippen LogP contribution in [0.3, 0.4) is 0 Å². The van der Waals surface area contributed by atoms with Crippen LogP contribution in [-0.2, 0) is 19.8 Å². The molecule has 1 aliphatic heterocycles. The fourth-order valence-corrected chi connectivity index (χ4v) is 6.81. The molecule has 2 aromatic carbocycles. The summed E-state index contributed by atoms with van der Waals surface area (Å²) in [5, 5.41) is 1.20. The average Bonchev–Trinajstić information content (AvgIpc) is 3.43. The molecule has 0 amide bonds. The summed E-state index contributed by atoms with van der Waals surface area (Å²) in [5.41, 5.74) is 9.40. The van der Waals surface area contributed by atoms with Gasteiger partial charge in [0.05, 0.1) is 30.5 Å². The quantitative estimate of drug-likeness (QED) is 0.356. The number of anilines is 1. The maximum absolute atomic E-state index is 13.3. The normalized spacial score (nSPS) is 17.4. The van der Waals surface area contributed by atoms with Crippen LogP contribution in [0, 0.1) is 26.7 Å². The van der Waals surface area contributed by atoms with Gasteiger partial charge in [0.25, 0.3) is 0 Å². The molecular formula is C31H40N2O3. The van der Waals surface area contributed by atoms with Gasteiger partial charge in [0, 0.05) is 30.2 Å². The summed E-state index contributed by atoms with van der Waals surface area (Å²) in [7, 11) is 3.67. The molecule has 5 heteroatoms. The second kappa shape index (κ2) is 9.26. The number of rotatable bonds is 6. The summed E-state index contributed by atoms with van der Waals surface area (Å²) in [6.07, 6.45) is 4.19. The summed E-state index contributed by atoms with van der Waals surface area (Å²) in [5.74, 6) is -0.0452. The van der Waals surface area contributed by atoms with Gasteiger partial charge in [0.1, 0.15) is 0 Å². The van der Waals surface area contributed by atoms with Gasteiger partial charge >= 0.3 is 5.97 Å². The van der Waals surface area contributed by atoms with Gasteiger partial charge in [-0.1, -0.05) is 56.5 Å². The summed E-state index contributed by atoms with van der Waals surface area (Å²) in [4.78, 5) is 15.7. The van der Waals surface area contributed by atoms with Crippen LogP contribution in [0.4, 0.5) is 5.69 Å². The lowest BCUT2D eigenvalue weighted by Crippen LogP contribution is -2.46. The Morgan fingerprint density at radius 2 is 1.75 bits per heavy atom. The third-order valence-corrected chi connectivity index (χ3v) is 8.24. The van der Waals surface area contributed by atoms with Gasteiger partial charge < -0.3 is 18.9 Å². The van der Waals surface area contributed by atoms with Crippen molar-refractivity contribution in [3.63, 3.8) is 0 Å². The summed E-state index contributed by atoms with van der Waals surface area (Å²) in [6, 6.07) is 11.0. The number of carbonyl (C=O) groups is 1. The Bertz CT molecular complexity index is 1300. The van der Waals surface area contributed by atoms with E-state index in [0.29, 0.717) is 12.5 Å². The van der Waals surface area contributed by atoms with Gasteiger partial charge in [0.2, 0.25) is 0 Å². The van der Waals surface area contributed by atoms with Crippen molar-refractivity contribution >= 4 is 22.6 Å². The Labute approximate surface area is 215 Å². The first kappa shape index (κ1) is 24.9. The van der Waals surface area contributed by atoms with Gasteiger partial charge in [0.15, 0.2) is 6.10 Å². The molecule has 0 N–H and O–H groups in total. The summed E-state index contributed by atoms with van der Waals surface area (Å²) < 4.78 is 14.3. The Hall–Kier alpha value is -2.79. The van der Waals surface area contributed by atoms with E-state index < -0.39 is 6.10 Å². The molecule has 36 heavy (non-hydrogen) atoms. The van der Waals surface area contributed by atoms with Gasteiger partial charge in [-0.3, -0.25) is 0 Å². The SMILES string of the molecule is COC(=O)[C@@H](OCC(C)C)c1c(C)c2c3c(cc(C)n3C3(CCCC3)CN2C)c1-c1ccc(C)cc1. The number of benzene rings is 2. The minimum atomic E-state index is -0.784. The number of hydrogen-bond donors (Lipinski definition) is 0. The molecule has 1 aliphatic carbocycles. The number of aryl methyl sites for hydroxylation is 2. The smallest absolute Gasteiger partial charge is 0.339 e. The van der Waals surface area contributed by atoms with Crippen LogP contribution in [0.1, 0.15) is 68.0 Å². The van der Waals surface area contributed by atoms with E-state index in [1.54, 1.807) is 0 Å². The third-order valence-electron chi connectivity index (χ3n) is 8.24. The Morgan fingerprint density at radius 3 is 2.36 bits per heavy atom. The highest BCUT2D eigenvalue weighted by Crippen LogP contribution is 2.52. The number of aromatic nitrogens is 1. The molecule has 5 nitrogen and oxygen atoms in total. The molecular weight excluding hydrogens is 448 g/mol. The van der Waals surface area contributed by atoms with E-state index in [1.807, 2.05) is 0 Å². The average molecular weight is 489 g/mol. The first-order chi connectivity index (χ1) is 17.2. The predicted molar refractivity (Wildman–Crippen MR) is 147 cm³/mol. The zero-order valence-electron chi connectivity index (χ0n) is 22.9. The van der Waals surface area contributed by atoms with Crippen LogP contribution in [-0.4, -0.2) is 37.8 Å². The van der Waals surface area contributed by atoms with Crippen molar-refractivity contribution in [2.75, 3.05) is 32.2 Å². The van der Waals surface area contributed by atoms with Crippen molar-refractivity contribution < 1.29 is 14.3 Å². The maximum atomic E-state index is 13.3. The maximum Gasteiger partial charge on any atom is 0.339 e. The molecule has 5 rings (SSSR count). The highest BCUT2D eigenvalue weighted by atomic mass is 16.6. The number of ether oxygens (including phenoxy) is 2. The molecule has 192 valence electrons. The van der Waals surface area contributed by atoms with Crippen molar-refractivity contribution in [1.29, 1.82) is 0 Å². The lowest BCUT2D eigenvalue weighted by Gasteiger charge is -2.44. The molecule has 3 aromatic rings. The van der Waals surface area contributed by atoms with Crippen molar-refractivity contribution in [2.24, 2.45) is 5.92 Å².